The van der Waals surface area contributed by atoms with Crippen molar-refractivity contribution in [2.75, 3.05) is 13.1 Å². The maximum atomic E-state index is 5.00. The number of hydrogen-bond donors (Lipinski definition) is 2. The van der Waals surface area contributed by atoms with Crippen LogP contribution in [-0.2, 0) is 19.5 Å². The Kier molecular flexibility index (Phi) is 5.34. The van der Waals surface area contributed by atoms with Crippen LogP contribution in [0, 0.1) is 12.8 Å². The van der Waals surface area contributed by atoms with Crippen LogP contribution in [0.1, 0.15) is 54.5 Å². The molecule has 5 heteroatoms. The van der Waals surface area contributed by atoms with Gasteiger partial charge >= 0.3 is 0 Å². The molecule has 3 aromatic rings. The van der Waals surface area contributed by atoms with Crippen LogP contribution >= 0.6 is 0 Å². The molecule has 5 nitrogen and oxygen atoms in total. The molecule has 5 rings (SSSR count). The quantitative estimate of drug-likeness (QED) is 0.695. The first-order valence-electron chi connectivity index (χ1n) is 11.1. The van der Waals surface area contributed by atoms with Crippen molar-refractivity contribution in [1.82, 2.24) is 25.2 Å². The van der Waals surface area contributed by atoms with Crippen LogP contribution in [0.3, 0.4) is 0 Å². The molecule has 1 fully saturated rings. The molecular formula is C24H31N5. The average molecular weight is 390 g/mol. The van der Waals surface area contributed by atoms with Gasteiger partial charge in [-0.1, -0.05) is 18.2 Å². The maximum absolute atomic E-state index is 5.00. The number of para-hydroxylation sites is 2. The van der Waals surface area contributed by atoms with Gasteiger partial charge in [-0.2, -0.15) is 0 Å². The minimum Gasteiger partial charge on any atom is -0.327 e. The lowest BCUT2D eigenvalue weighted by Gasteiger charge is -2.27. The number of pyridine rings is 1. The van der Waals surface area contributed by atoms with Crippen molar-refractivity contribution in [3.8, 4) is 0 Å². The van der Waals surface area contributed by atoms with Crippen molar-refractivity contribution in [2.24, 2.45) is 5.92 Å². The standard InChI is InChI=1S/C24H31N5/c1-17-11-12-19-7-4-9-21(24(19)27-17)26-15-23-28-20-8-2-3-10-22(20)29(23)16-18-6-5-13-25-14-18/h2-3,8,10-12,18,21,25-26H,4-7,9,13-16H2,1H3/t18-,21-/m0/s1. The summed E-state index contributed by atoms with van der Waals surface area (Å²) in [6, 6.07) is 13.3. The Hall–Kier alpha value is -2.24. The van der Waals surface area contributed by atoms with Gasteiger partial charge in [0.15, 0.2) is 0 Å². The zero-order valence-corrected chi connectivity index (χ0v) is 17.3. The molecule has 1 aromatic carbocycles. The molecule has 0 amide bonds. The first kappa shape index (κ1) is 18.8. The first-order valence-corrected chi connectivity index (χ1v) is 11.1. The molecule has 0 unspecified atom stereocenters. The molecule has 0 radical (unpaired) electrons. The maximum Gasteiger partial charge on any atom is 0.123 e. The Bertz CT molecular complexity index is 986. The second-order valence-electron chi connectivity index (χ2n) is 8.66. The summed E-state index contributed by atoms with van der Waals surface area (Å²) in [4.78, 5) is 9.86. The summed E-state index contributed by atoms with van der Waals surface area (Å²) >= 11 is 0. The molecule has 29 heavy (non-hydrogen) atoms. The molecule has 3 heterocycles. The molecular weight excluding hydrogens is 358 g/mol. The van der Waals surface area contributed by atoms with Crippen LogP contribution in [-0.4, -0.2) is 27.6 Å². The fourth-order valence-corrected chi connectivity index (χ4v) is 4.97. The summed E-state index contributed by atoms with van der Waals surface area (Å²) < 4.78 is 2.45. The van der Waals surface area contributed by atoms with E-state index in [9.17, 15) is 0 Å². The second kappa shape index (κ2) is 8.25. The normalized spacial score (nSPS) is 22.0. The number of aryl methyl sites for hydroxylation is 2. The third-order valence-electron chi connectivity index (χ3n) is 6.50. The van der Waals surface area contributed by atoms with Gasteiger partial charge in [0.25, 0.3) is 0 Å². The molecule has 2 atom stereocenters. The second-order valence-corrected chi connectivity index (χ2v) is 8.66. The Morgan fingerprint density at radius 1 is 1.10 bits per heavy atom. The van der Waals surface area contributed by atoms with Crippen LogP contribution in [0.4, 0.5) is 0 Å². The molecule has 152 valence electrons. The molecule has 0 saturated carbocycles. The summed E-state index contributed by atoms with van der Waals surface area (Å²) in [6.07, 6.45) is 6.09. The summed E-state index contributed by atoms with van der Waals surface area (Å²) in [5.74, 6) is 1.83. The number of piperidine rings is 1. The zero-order valence-electron chi connectivity index (χ0n) is 17.3. The lowest BCUT2D eigenvalue weighted by molar-refractivity contribution is 0.334. The largest absolute Gasteiger partial charge is 0.327 e. The van der Waals surface area contributed by atoms with E-state index in [-0.39, 0.29) is 0 Å². The summed E-state index contributed by atoms with van der Waals surface area (Å²) in [5.41, 5.74) is 6.12. The number of nitrogens with zero attached hydrogens (tertiary/aromatic N) is 3. The first-order chi connectivity index (χ1) is 14.3. The van der Waals surface area contributed by atoms with Gasteiger partial charge in [-0.05, 0) is 81.8 Å². The van der Waals surface area contributed by atoms with E-state index in [1.54, 1.807) is 0 Å². The van der Waals surface area contributed by atoms with E-state index in [1.807, 2.05) is 0 Å². The summed E-state index contributed by atoms with van der Waals surface area (Å²) in [5, 5.41) is 7.36. The molecule has 1 aliphatic heterocycles. The number of nitrogens with one attached hydrogen (secondary N) is 2. The fourth-order valence-electron chi connectivity index (χ4n) is 4.97. The highest BCUT2D eigenvalue weighted by Crippen LogP contribution is 2.29. The van der Waals surface area contributed by atoms with Crippen molar-refractivity contribution >= 4 is 11.0 Å². The van der Waals surface area contributed by atoms with Crippen LogP contribution in [0.15, 0.2) is 36.4 Å². The van der Waals surface area contributed by atoms with Crippen molar-refractivity contribution in [3.05, 3.63) is 59.2 Å². The van der Waals surface area contributed by atoms with E-state index in [0.717, 1.165) is 56.1 Å². The predicted octanol–water partition coefficient (Wildman–Crippen LogP) is 3.91. The van der Waals surface area contributed by atoms with Gasteiger partial charge < -0.3 is 15.2 Å². The number of hydrogen-bond acceptors (Lipinski definition) is 4. The molecule has 1 saturated heterocycles. The van der Waals surface area contributed by atoms with Crippen LogP contribution in [0.2, 0.25) is 0 Å². The number of benzene rings is 1. The van der Waals surface area contributed by atoms with Crippen molar-refractivity contribution < 1.29 is 0 Å². The monoisotopic (exact) mass is 389 g/mol. The fraction of sp³-hybridized carbons (Fsp3) is 0.500. The molecule has 0 spiro atoms. The van der Waals surface area contributed by atoms with E-state index in [4.69, 9.17) is 9.97 Å². The smallest absolute Gasteiger partial charge is 0.123 e. The van der Waals surface area contributed by atoms with E-state index in [0.29, 0.717) is 12.0 Å². The SMILES string of the molecule is Cc1ccc2c(n1)[C@@H](NCc1nc3ccccc3n1C[C@H]1CCCNC1)CCC2. The number of aromatic nitrogens is 3. The minimum absolute atomic E-state index is 0.322. The summed E-state index contributed by atoms with van der Waals surface area (Å²) in [7, 11) is 0. The summed E-state index contributed by atoms with van der Waals surface area (Å²) in [6.45, 7) is 6.18. The highest BCUT2D eigenvalue weighted by molar-refractivity contribution is 5.75. The van der Waals surface area contributed by atoms with Crippen molar-refractivity contribution in [1.29, 1.82) is 0 Å². The van der Waals surface area contributed by atoms with Crippen LogP contribution < -0.4 is 10.6 Å². The van der Waals surface area contributed by atoms with E-state index in [2.05, 4.69) is 58.5 Å². The van der Waals surface area contributed by atoms with Gasteiger partial charge in [0.1, 0.15) is 5.82 Å². The van der Waals surface area contributed by atoms with Crippen LogP contribution in [0.25, 0.3) is 11.0 Å². The number of imidazole rings is 1. The Labute approximate surface area is 172 Å². The van der Waals surface area contributed by atoms with Gasteiger partial charge in [0, 0.05) is 12.2 Å². The Morgan fingerprint density at radius 3 is 2.93 bits per heavy atom. The van der Waals surface area contributed by atoms with E-state index in [1.165, 1.54) is 36.0 Å². The number of fused-ring (bicyclic) bond motifs is 2. The highest BCUT2D eigenvalue weighted by atomic mass is 15.1. The Morgan fingerprint density at radius 2 is 2.03 bits per heavy atom. The van der Waals surface area contributed by atoms with E-state index >= 15 is 0 Å². The van der Waals surface area contributed by atoms with Crippen molar-refractivity contribution in [3.63, 3.8) is 0 Å². The third-order valence-corrected chi connectivity index (χ3v) is 6.50. The minimum atomic E-state index is 0.322. The van der Waals surface area contributed by atoms with Gasteiger partial charge in [-0.3, -0.25) is 4.98 Å². The lowest BCUT2D eigenvalue weighted by Crippen LogP contribution is -2.33. The van der Waals surface area contributed by atoms with E-state index < -0.39 is 0 Å². The van der Waals surface area contributed by atoms with Gasteiger partial charge in [-0.25, -0.2) is 4.98 Å². The lowest BCUT2D eigenvalue weighted by atomic mass is 9.91. The topological polar surface area (TPSA) is 54.8 Å². The molecule has 0 bridgehead atoms. The predicted molar refractivity (Wildman–Crippen MR) is 117 cm³/mol. The molecule has 2 aromatic heterocycles. The van der Waals surface area contributed by atoms with Gasteiger partial charge in [0.05, 0.1) is 29.3 Å². The zero-order chi connectivity index (χ0) is 19.6. The van der Waals surface area contributed by atoms with Crippen molar-refractivity contribution in [2.45, 2.75) is 58.2 Å². The Balaban J connectivity index is 1.39. The van der Waals surface area contributed by atoms with Crippen LogP contribution in [0.5, 0.6) is 0 Å². The number of rotatable bonds is 5. The van der Waals surface area contributed by atoms with Gasteiger partial charge in [0.2, 0.25) is 0 Å². The third kappa shape index (κ3) is 3.94. The van der Waals surface area contributed by atoms with Gasteiger partial charge in [-0.15, -0.1) is 0 Å². The average Bonchev–Trinajstić information content (AvgIpc) is 3.10. The molecule has 2 aliphatic rings. The molecule has 2 N–H and O–H groups in total. The molecule has 1 aliphatic carbocycles. The highest BCUT2D eigenvalue weighted by Gasteiger charge is 2.23.